The maximum atomic E-state index is 14.3. The van der Waals surface area contributed by atoms with Crippen LogP contribution < -0.4 is 5.32 Å². The SMILES string of the molecule is O=C1NCN(C(=O)N2CC3(CCN(S(=O)(=O)c4ccc(C(F)(F)F)cc4F)CC3)C2)CCCO1.[HH]. The first-order chi connectivity index (χ1) is 15.9. The number of carbonyl (C=O) groups excluding carboxylic acids is 2. The zero-order valence-electron chi connectivity index (χ0n) is 18.1. The van der Waals surface area contributed by atoms with Crippen molar-refractivity contribution in [2.75, 3.05) is 46.0 Å². The van der Waals surface area contributed by atoms with E-state index in [0.29, 0.717) is 51.0 Å². The summed E-state index contributed by atoms with van der Waals surface area (Å²) in [7, 11) is -4.30. The molecule has 0 unspecified atom stereocenters. The van der Waals surface area contributed by atoms with Gasteiger partial charge in [0.05, 0.1) is 18.8 Å². The minimum atomic E-state index is -4.78. The highest BCUT2D eigenvalue weighted by Crippen LogP contribution is 2.42. The van der Waals surface area contributed by atoms with Crippen LogP contribution in [0.15, 0.2) is 23.1 Å². The second-order valence-electron chi connectivity index (χ2n) is 8.77. The number of nitrogens with zero attached hydrogens (tertiary/aromatic N) is 3. The fourth-order valence-electron chi connectivity index (χ4n) is 4.51. The van der Waals surface area contributed by atoms with Gasteiger partial charge in [-0.15, -0.1) is 0 Å². The normalized spacial score (nSPS) is 21.8. The van der Waals surface area contributed by atoms with Crippen molar-refractivity contribution < 1.29 is 41.7 Å². The van der Waals surface area contributed by atoms with E-state index in [4.69, 9.17) is 4.74 Å². The maximum absolute atomic E-state index is 14.3. The largest absolute Gasteiger partial charge is 0.449 e. The monoisotopic (exact) mass is 510 g/mol. The molecule has 3 amide bonds. The minimum Gasteiger partial charge on any atom is -0.449 e. The molecule has 1 aromatic carbocycles. The molecule has 3 aliphatic rings. The van der Waals surface area contributed by atoms with E-state index in [-0.39, 0.29) is 45.3 Å². The smallest absolute Gasteiger partial charge is 0.416 e. The fourth-order valence-corrected chi connectivity index (χ4v) is 6.00. The van der Waals surface area contributed by atoms with Crippen LogP contribution in [0.1, 0.15) is 26.3 Å². The summed E-state index contributed by atoms with van der Waals surface area (Å²) in [6.45, 7) is 1.66. The molecule has 9 nitrogen and oxygen atoms in total. The summed E-state index contributed by atoms with van der Waals surface area (Å²) in [4.78, 5) is 26.5. The van der Waals surface area contributed by atoms with E-state index in [1.165, 1.54) is 4.90 Å². The van der Waals surface area contributed by atoms with Crippen molar-refractivity contribution in [3.8, 4) is 0 Å². The third-order valence-electron chi connectivity index (χ3n) is 6.47. The number of cyclic esters (lactones) is 1. The number of nitrogens with one attached hydrogen (secondary N) is 1. The van der Waals surface area contributed by atoms with Gasteiger partial charge in [0, 0.05) is 39.6 Å². The van der Waals surface area contributed by atoms with E-state index >= 15 is 0 Å². The predicted octanol–water partition coefficient (Wildman–Crippen LogP) is 2.69. The van der Waals surface area contributed by atoms with Gasteiger partial charge in [-0.2, -0.15) is 17.5 Å². The Hall–Kier alpha value is -2.61. The lowest BCUT2D eigenvalue weighted by Gasteiger charge is -2.54. The summed E-state index contributed by atoms with van der Waals surface area (Å²) in [6, 6.07) is 1.16. The number of hydrogen-bond acceptors (Lipinski definition) is 5. The Morgan fingerprint density at radius 3 is 2.41 bits per heavy atom. The van der Waals surface area contributed by atoms with E-state index in [2.05, 4.69) is 5.32 Å². The van der Waals surface area contributed by atoms with Crippen LogP contribution >= 0.6 is 0 Å². The van der Waals surface area contributed by atoms with Gasteiger partial charge in [-0.25, -0.2) is 22.4 Å². The molecule has 1 aromatic rings. The van der Waals surface area contributed by atoms with Crippen molar-refractivity contribution >= 4 is 22.1 Å². The highest BCUT2D eigenvalue weighted by Gasteiger charge is 2.49. The number of rotatable bonds is 2. The van der Waals surface area contributed by atoms with Crippen molar-refractivity contribution in [3.05, 3.63) is 29.6 Å². The highest BCUT2D eigenvalue weighted by molar-refractivity contribution is 7.89. The first kappa shape index (κ1) is 24.5. The molecule has 14 heteroatoms. The van der Waals surface area contributed by atoms with E-state index in [1.807, 2.05) is 0 Å². The molecule has 190 valence electrons. The fraction of sp³-hybridized carbons (Fsp3) is 0.600. The van der Waals surface area contributed by atoms with E-state index < -0.39 is 38.6 Å². The van der Waals surface area contributed by atoms with Crippen LogP contribution in [0.5, 0.6) is 0 Å². The van der Waals surface area contributed by atoms with Gasteiger partial charge in [-0.3, -0.25) is 0 Å². The number of ether oxygens (including phenoxy) is 1. The van der Waals surface area contributed by atoms with Crippen molar-refractivity contribution in [1.29, 1.82) is 0 Å². The molecular formula is C20H26F4N4O5S. The van der Waals surface area contributed by atoms with Gasteiger partial charge in [-0.05, 0) is 37.5 Å². The van der Waals surface area contributed by atoms with Crippen LogP contribution in [0.25, 0.3) is 0 Å². The first-order valence-corrected chi connectivity index (χ1v) is 12.2. The summed E-state index contributed by atoms with van der Waals surface area (Å²) in [5, 5.41) is 2.49. The molecule has 0 atom stereocenters. The molecule has 3 heterocycles. The molecule has 1 spiro atoms. The number of piperidine rings is 1. The number of halogens is 4. The highest BCUT2D eigenvalue weighted by atomic mass is 32.2. The second kappa shape index (κ2) is 8.87. The quantitative estimate of drug-likeness (QED) is 0.617. The number of alkyl halides is 3. The molecule has 0 aromatic heterocycles. The molecule has 0 radical (unpaired) electrons. The van der Waals surface area contributed by atoms with Crippen molar-refractivity contribution in [3.63, 3.8) is 0 Å². The standard InChI is InChI=1S/C20H24F4N4O5S.H2/c21-15-10-14(20(22,23)24)2-3-16(15)34(31,32)28-7-4-19(5-8-28)11-27(12-19)18(30)26-6-1-9-33-17(29)25-13-26;/h2-3,10H,1,4-9,11-13H2,(H,25,29);1H. The molecule has 34 heavy (non-hydrogen) atoms. The topological polar surface area (TPSA) is 99.3 Å². The van der Waals surface area contributed by atoms with Gasteiger partial charge in [0.1, 0.15) is 10.7 Å². The lowest BCUT2D eigenvalue weighted by atomic mass is 9.72. The Labute approximate surface area is 195 Å². The number of likely N-dealkylation sites (tertiary alicyclic amines) is 1. The molecule has 3 fully saturated rings. The number of urea groups is 1. The summed E-state index contributed by atoms with van der Waals surface area (Å²) >= 11 is 0. The second-order valence-corrected chi connectivity index (χ2v) is 10.7. The van der Waals surface area contributed by atoms with Crippen LogP contribution in [-0.2, 0) is 20.9 Å². The maximum Gasteiger partial charge on any atom is 0.416 e. The van der Waals surface area contributed by atoms with Gasteiger partial charge in [-0.1, -0.05) is 0 Å². The number of hydrogen-bond donors (Lipinski definition) is 1. The van der Waals surface area contributed by atoms with Crippen LogP contribution in [0.4, 0.5) is 27.2 Å². The van der Waals surface area contributed by atoms with Gasteiger partial charge < -0.3 is 19.9 Å². The molecule has 1 N–H and O–H groups in total. The number of carbonyl (C=O) groups is 2. The molecular weight excluding hydrogens is 484 g/mol. The van der Waals surface area contributed by atoms with Gasteiger partial charge in [0.15, 0.2) is 0 Å². The number of amides is 3. The summed E-state index contributed by atoms with van der Waals surface area (Å²) in [6.07, 6.45) is -3.98. The Kier molecular flexibility index (Phi) is 6.40. The minimum absolute atomic E-state index is 0. The summed E-state index contributed by atoms with van der Waals surface area (Å²) in [5.41, 5.74) is -1.52. The first-order valence-electron chi connectivity index (χ1n) is 10.7. The number of benzene rings is 1. The van der Waals surface area contributed by atoms with Crippen molar-refractivity contribution in [2.45, 2.75) is 30.3 Å². The van der Waals surface area contributed by atoms with Crippen LogP contribution in [0.2, 0.25) is 0 Å². The molecule has 3 saturated heterocycles. The van der Waals surface area contributed by atoms with Gasteiger partial charge >= 0.3 is 18.3 Å². The van der Waals surface area contributed by atoms with E-state index in [0.717, 1.165) is 4.31 Å². The third-order valence-corrected chi connectivity index (χ3v) is 8.41. The van der Waals surface area contributed by atoms with Crippen molar-refractivity contribution in [1.82, 2.24) is 19.4 Å². The van der Waals surface area contributed by atoms with Gasteiger partial charge in [0.25, 0.3) is 0 Å². The Morgan fingerprint density at radius 1 is 1.12 bits per heavy atom. The third kappa shape index (κ3) is 4.78. The summed E-state index contributed by atoms with van der Waals surface area (Å²) < 4.78 is 84.2. The number of alkyl carbamates (subject to hydrolysis) is 1. The van der Waals surface area contributed by atoms with E-state index in [9.17, 15) is 35.6 Å². The van der Waals surface area contributed by atoms with Crippen LogP contribution in [0, 0.1) is 11.2 Å². The van der Waals surface area contributed by atoms with Crippen LogP contribution in [0.3, 0.4) is 0 Å². The lowest BCUT2D eigenvalue weighted by molar-refractivity contribution is -0.137. The number of sulfonamides is 1. The average Bonchev–Trinajstić information content (AvgIpc) is 2.73. The molecule has 0 saturated carbocycles. The zero-order valence-corrected chi connectivity index (χ0v) is 18.9. The zero-order chi connectivity index (χ0) is 24.7. The van der Waals surface area contributed by atoms with Gasteiger partial charge in [0.2, 0.25) is 10.0 Å². The Morgan fingerprint density at radius 2 is 1.79 bits per heavy atom. The van der Waals surface area contributed by atoms with Crippen LogP contribution in [-0.4, -0.2) is 80.6 Å². The molecule has 3 aliphatic heterocycles. The van der Waals surface area contributed by atoms with E-state index in [1.54, 1.807) is 4.90 Å². The van der Waals surface area contributed by atoms with Crippen molar-refractivity contribution in [2.24, 2.45) is 5.41 Å². The molecule has 0 bridgehead atoms. The summed E-state index contributed by atoms with van der Waals surface area (Å²) in [5.74, 6) is -1.44. The lowest BCUT2D eigenvalue weighted by Crippen LogP contribution is -2.65. The average molecular weight is 511 g/mol. The molecule has 4 rings (SSSR count). The predicted molar refractivity (Wildman–Crippen MR) is 112 cm³/mol. The Bertz CT molecular complexity index is 1070. The Balaban J connectivity index is 0.00000342. The molecule has 0 aliphatic carbocycles.